The summed E-state index contributed by atoms with van der Waals surface area (Å²) in [7, 11) is 0. The largest absolute Gasteiger partial charge is 0.327 e. The molecule has 1 heterocycles. The van der Waals surface area contributed by atoms with Crippen LogP contribution in [0, 0.1) is 6.92 Å². The average Bonchev–Trinajstić information content (AvgIpc) is 2.77. The number of thiocarbonyl (C=S) groups is 1. The number of benzene rings is 2. The molecule has 2 aromatic rings. The molecule has 0 aliphatic carbocycles. The molecule has 1 N–H and O–H groups in total. The van der Waals surface area contributed by atoms with Gasteiger partial charge in [-0.15, -0.1) is 0 Å². The Bertz CT molecular complexity index is 737. The van der Waals surface area contributed by atoms with Crippen molar-refractivity contribution in [3.05, 3.63) is 71.4 Å². The van der Waals surface area contributed by atoms with E-state index in [0.717, 1.165) is 16.8 Å². The van der Waals surface area contributed by atoms with E-state index < -0.39 is 0 Å². The number of anilines is 1. The first-order valence-electron chi connectivity index (χ1n) is 6.64. The summed E-state index contributed by atoms with van der Waals surface area (Å²) in [5, 5.41) is 3.41. The van der Waals surface area contributed by atoms with E-state index in [9.17, 15) is 4.79 Å². The van der Waals surface area contributed by atoms with Gasteiger partial charge in [-0.3, -0.25) is 9.69 Å². The minimum Gasteiger partial charge on any atom is -0.327 e. The van der Waals surface area contributed by atoms with Crippen LogP contribution in [-0.2, 0) is 4.79 Å². The summed E-state index contributed by atoms with van der Waals surface area (Å²) in [6.45, 7) is 2.01. The van der Waals surface area contributed by atoms with E-state index in [1.165, 1.54) is 4.90 Å². The Labute approximate surface area is 128 Å². The van der Waals surface area contributed by atoms with Gasteiger partial charge in [0, 0.05) is 0 Å². The lowest BCUT2D eigenvalue weighted by Gasteiger charge is -2.13. The second kappa shape index (κ2) is 5.50. The van der Waals surface area contributed by atoms with E-state index in [-0.39, 0.29) is 5.91 Å². The van der Waals surface area contributed by atoms with E-state index >= 15 is 0 Å². The molecule has 3 nitrogen and oxygen atoms in total. The third-order valence-corrected chi connectivity index (χ3v) is 3.67. The molecule has 104 valence electrons. The van der Waals surface area contributed by atoms with Crippen molar-refractivity contribution in [2.24, 2.45) is 0 Å². The van der Waals surface area contributed by atoms with Crippen LogP contribution in [0.1, 0.15) is 11.1 Å². The van der Waals surface area contributed by atoms with Gasteiger partial charge in [0.15, 0.2) is 5.11 Å². The van der Waals surface area contributed by atoms with Gasteiger partial charge in [-0.2, -0.15) is 0 Å². The number of carbonyl (C=O) groups is 1. The number of para-hydroxylation sites is 1. The number of amides is 1. The molecule has 0 saturated carbocycles. The van der Waals surface area contributed by atoms with Crippen molar-refractivity contribution >= 4 is 35.0 Å². The first kappa shape index (κ1) is 13.5. The molecule has 2 aromatic carbocycles. The Hall–Kier alpha value is -2.46. The van der Waals surface area contributed by atoms with E-state index in [0.29, 0.717) is 10.8 Å². The molecule has 1 aliphatic heterocycles. The standard InChI is InChI=1S/C17H14N2OS/c1-12-7-5-6-8-13(12)11-15-16(20)19(17(21)18-15)14-9-3-2-4-10-14/h2-11H,1H3,(H,18,21). The second-order valence-electron chi connectivity index (χ2n) is 4.82. The first-order valence-corrected chi connectivity index (χ1v) is 7.05. The molecule has 1 fully saturated rings. The number of aryl methyl sites for hydroxylation is 1. The van der Waals surface area contributed by atoms with E-state index in [1.807, 2.05) is 67.6 Å². The smallest absolute Gasteiger partial charge is 0.281 e. The third-order valence-electron chi connectivity index (χ3n) is 3.38. The highest BCUT2D eigenvalue weighted by Gasteiger charge is 2.31. The van der Waals surface area contributed by atoms with Gasteiger partial charge in [-0.05, 0) is 48.5 Å². The van der Waals surface area contributed by atoms with E-state index in [1.54, 1.807) is 0 Å². The van der Waals surface area contributed by atoms with Gasteiger partial charge in [0.05, 0.1) is 5.69 Å². The zero-order chi connectivity index (χ0) is 14.8. The number of nitrogens with one attached hydrogen (secondary N) is 1. The fourth-order valence-corrected chi connectivity index (χ4v) is 2.55. The summed E-state index contributed by atoms with van der Waals surface area (Å²) in [5.41, 5.74) is 3.39. The van der Waals surface area contributed by atoms with Crippen molar-refractivity contribution in [2.75, 3.05) is 4.90 Å². The molecule has 1 aliphatic rings. The molecular weight excluding hydrogens is 280 g/mol. The maximum atomic E-state index is 12.5. The molecule has 3 rings (SSSR count). The summed E-state index contributed by atoms with van der Waals surface area (Å²) in [6.07, 6.45) is 1.84. The highest BCUT2D eigenvalue weighted by molar-refractivity contribution is 7.80. The first-order chi connectivity index (χ1) is 10.2. The Morgan fingerprint density at radius 3 is 2.43 bits per heavy atom. The highest BCUT2D eigenvalue weighted by Crippen LogP contribution is 2.22. The molecule has 0 spiro atoms. The zero-order valence-electron chi connectivity index (χ0n) is 11.5. The highest BCUT2D eigenvalue weighted by atomic mass is 32.1. The number of hydrogen-bond donors (Lipinski definition) is 1. The predicted octanol–water partition coefficient (Wildman–Crippen LogP) is 3.26. The monoisotopic (exact) mass is 294 g/mol. The second-order valence-corrected chi connectivity index (χ2v) is 5.21. The molecule has 4 heteroatoms. The van der Waals surface area contributed by atoms with Gasteiger partial charge in [0.25, 0.3) is 5.91 Å². The lowest BCUT2D eigenvalue weighted by atomic mass is 10.1. The maximum Gasteiger partial charge on any atom is 0.281 e. The van der Waals surface area contributed by atoms with Crippen LogP contribution in [0.25, 0.3) is 6.08 Å². The normalized spacial score (nSPS) is 16.4. The minimum absolute atomic E-state index is 0.130. The van der Waals surface area contributed by atoms with Crippen molar-refractivity contribution < 1.29 is 4.79 Å². The van der Waals surface area contributed by atoms with Crippen molar-refractivity contribution in [1.29, 1.82) is 0 Å². The van der Waals surface area contributed by atoms with Crippen molar-refractivity contribution in [3.63, 3.8) is 0 Å². The Morgan fingerprint density at radius 1 is 1.05 bits per heavy atom. The van der Waals surface area contributed by atoms with Crippen molar-refractivity contribution in [2.45, 2.75) is 6.92 Å². The zero-order valence-corrected chi connectivity index (χ0v) is 12.4. The van der Waals surface area contributed by atoms with E-state index in [4.69, 9.17) is 12.2 Å². The predicted molar refractivity (Wildman–Crippen MR) is 88.8 cm³/mol. The maximum absolute atomic E-state index is 12.5. The van der Waals surface area contributed by atoms with Crippen molar-refractivity contribution in [1.82, 2.24) is 5.32 Å². The lowest BCUT2D eigenvalue weighted by Crippen LogP contribution is -2.30. The van der Waals surface area contributed by atoms with Crippen LogP contribution in [0.15, 0.2) is 60.3 Å². The van der Waals surface area contributed by atoms with Crippen LogP contribution in [0.4, 0.5) is 5.69 Å². The van der Waals surface area contributed by atoms with Gasteiger partial charge < -0.3 is 5.32 Å². The van der Waals surface area contributed by atoms with Crippen LogP contribution in [-0.4, -0.2) is 11.0 Å². The molecule has 0 radical (unpaired) electrons. The van der Waals surface area contributed by atoms with E-state index in [2.05, 4.69) is 5.32 Å². The quantitative estimate of drug-likeness (QED) is 0.681. The molecule has 0 unspecified atom stereocenters. The fraction of sp³-hybridized carbons (Fsp3) is 0.0588. The molecule has 0 bridgehead atoms. The molecule has 0 atom stereocenters. The van der Waals surface area contributed by atoms with Gasteiger partial charge in [-0.25, -0.2) is 0 Å². The van der Waals surface area contributed by atoms with Gasteiger partial charge in [0.1, 0.15) is 5.70 Å². The summed E-state index contributed by atoms with van der Waals surface area (Å²) in [4.78, 5) is 14.1. The summed E-state index contributed by atoms with van der Waals surface area (Å²) < 4.78 is 0. The van der Waals surface area contributed by atoms with Gasteiger partial charge in [-0.1, -0.05) is 42.5 Å². The fourth-order valence-electron chi connectivity index (χ4n) is 2.25. The summed E-state index contributed by atoms with van der Waals surface area (Å²) >= 11 is 5.28. The van der Waals surface area contributed by atoms with Crippen LogP contribution in [0.5, 0.6) is 0 Å². The Kier molecular flexibility index (Phi) is 3.54. The lowest BCUT2D eigenvalue weighted by molar-refractivity contribution is -0.113. The van der Waals surface area contributed by atoms with Crippen molar-refractivity contribution in [3.8, 4) is 0 Å². The van der Waals surface area contributed by atoms with Crippen LogP contribution in [0.2, 0.25) is 0 Å². The summed E-state index contributed by atoms with van der Waals surface area (Å²) in [5.74, 6) is -0.130. The topological polar surface area (TPSA) is 32.3 Å². The van der Waals surface area contributed by atoms with Crippen LogP contribution in [0.3, 0.4) is 0 Å². The molecule has 1 amide bonds. The molecular formula is C17H14N2OS. The number of rotatable bonds is 2. The van der Waals surface area contributed by atoms with Crippen LogP contribution < -0.4 is 10.2 Å². The molecule has 21 heavy (non-hydrogen) atoms. The van der Waals surface area contributed by atoms with Gasteiger partial charge >= 0.3 is 0 Å². The average molecular weight is 294 g/mol. The third kappa shape index (κ3) is 2.58. The number of hydrogen-bond acceptors (Lipinski definition) is 2. The SMILES string of the molecule is Cc1ccccc1C=C1NC(=S)N(c2ccccc2)C1=O. The molecule has 1 saturated heterocycles. The Balaban J connectivity index is 1.96. The van der Waals surface area contributed by atoms with Gasteiger partial charge in [0.2, 0.25) is 0 Å². The Morgan fingerprint density at radius 2 is 1.71 bits per heavy atom. The number of carbonyl (C=O) groups excluding carboxylic acids is 1. The minimum atomic E-state index is -0.130. The van der Waals surface area contributed by atoms with Crippen LogP contribution >= 0.6 is 12.2 Å². The molecule has 0 aromatic heterocycles. The summed E-state index contributed by atoms with van der Waals surface area (Å²) in [6, 6.07) is 17.3. The number of nitrogens with zero attached hydrogens (tertiary/aromatic N) is 1.